The lowest BCUT2D eigenvalue weighted by Crippen LogP contribution is -2.61. The molecule has 170 valence electrons. The monoisotopic (exact) mass is 448 g/mol. The van der Waals surface area contributed by atoms with Crippen LogP contribution in [0.5, 0.6) is 0 Å². The first-order chi connectivity index (χ1) is 15.8. The van der Waals surface area contributed by atoms with E-state index in [0.717, 1.165) is 16.8 Å². The fraction of sp³-hybridized carbons (Fsp3) is 0.250. The standard InChI is InChI=1S/C24H25N5O4/c1-28-19-11-7-6-10-17(19)15-29(2,23(32)20(28)12-21(30)31)24(33)26-14-18-13-25-22(27-18)16-8-4-3-5-9-16/h3-11,13,20H,12,14-15H2,1-2H3,(H2-,25,26,27,30,31,33)/p+1. The van der Waals surface area contributed by atoms with Gasteiger partial charge in [-0.2, -0.15) is 4.48 Å². The van der Waals surface area contributed by atoms with Crippen molar-refractivity contribution >= 4 is 23.6 Å². The van der Waals surface area contributed by atoms with Crippen molar-refractivity contribution in [3.63, 3.8) is 0 Å². The van der Waals surface area contributed by atoms with Gasteiger partial charge in [-0.15, -0.1) is 0 Å². The summed E-state index contributed by atoms with van der Waals surface area (Å²) < 4.78 is -0.584. The van der Waals surface area contributed by atoms with Crippen LogP contribution >= 0.6 is 0 Å². The summed E-state index contributed by atoms with van der Waals surface area (Å²) in [6.45, 7) is 0.278. The van der Waals surface area contributed by atoms with Crippen molar-refractivity contribution in [3.05, 3.63) is 72.1 Å². The third kappa shape index (κ3) is 4.35. The van der Waals surface area contributed by atoms with Crippen LogP contribution in [0.2, 0.25) is 0 Å². The van der Waals surface area contributed by atoms with Gasteiger partial charge in [0, 0.05) is 23.9 Å². The number of aromatic amines is 1. The highest BCUT2D eigenvalue weighted by Crippen LogP contribution is 2.31. The maximum absolute atomic E-state index is 13.5. The van der Waals surface area contributed by atoms with Crippen molar-refractivity contribution in [2.24, 2.45) is 0 Å². The van der Waals surface area contributed by atoms with Crippen molar-refractivity contribution in [1.82, 2.24) is 15.3 Å². The molecule has 3 aromatic rings. The molecule has 3 amide bonds. The minimum Gasteiger partial charge on any atom is -0.481 e. The molecule has 0 aliphatic carbocycles. The fourth-order valence-electron chi connectivity index (χ4n) is 4.17. The highest BCUT2D eigenvalue weighted by Gasteiger charge is 2.49. The minimum absolute atomic E-state index is 0.125. The van der Waals surface area contributed by atoms with Crippen LogP contribution in [0, 0.1) is 0 Å². The number of aromatic nitrogens is 2. The molecule has 9 nitrogen and oxygen atoms in total. The Balaban J connectivity index is 1.57. The predicted molar refractivity (Wildman–Crippen MR) is 122 cm³/mol. The van der Waals surface area contributed by atoms with E-state index in [1.807, 2.05) is 54.6 Å². The number of imide groups is 1. The number of aliphatic carboxylic acids is 1. The van der Waals surface area contributed by atoms with Gasteiger partial charge in [-0.3, -0.25) is 10.1 Å². The van der Waals surface area contributed by atoms with Crippen molar-refractivity contribution in [1.29, 1.82) is 0 Å². The Morgan fingerprint density at radius 1 is 1.18 bits per heavy atom. The molecule has 0 radical (unpaired) electrons. The van der Waals surface area contributed by atoms with E-state index in [4.69, 9.17) is 0 Å². The summed E-state index contributed by atoms with van der Waals surface area (Å²) in [6, 6.07) is 15.5. The SMILES string of the molecule is CN1c2ccccc2C[N+](C)(C(=O)NCc2cnc(-c3ccccc3)[nH]2)C(=O)C1CC(=O)O. The molecule has 2 heterocycles. The summed E-state index contributed by atoms with van der Waals surface area (Å²) in [5, 5.41) is 12.2. The number of nitrogens with one attached hydrogen (secondary N) is 2. The Morgan fingerprint density at radius 3 is 2.61 bits per heavy atom. The fourth-order valence-corrected chi connectivity index (χ4v) is 4.17. The number of anilines is 1. The molecular weight excluding hydrogens is 422 g/mol. The normalized spacial score (nSPS) is 20.1. The Labute approximate surface area is 191 Å². The largest absolute Gasteiger partial charge is 0.481 e. The van der Waals surface area contributed by atoms with Crippen LogP contribution in [0.3, 0.4) is 0 Å². The van der Waals surface area contributed by atoms with Crippen molar-refractivity contribution in [2.45, 2.75) is 25.6 Å². The minimum atomic E-state index is -1.10. The summed E-state index contributed by atoms with van der Waals surface area (Å²) in [5.41, 5.74) is 3.16. The number of hydrogen-bond acceptors (Lipinski definition) is 5. The van der Waals surface area contributed by atoms with Crippen molar-refractivity contribution < 1.29 is 24.0 Å². The summed E-state index contributed by atoms with van der Waals surface area (Å²) in [6.07, 6.45) is 1.24. The number of likely N-dealkylation sites (N-methyl/N-ethyl adjacent to an activating group) is 2. The van der Waals surface area contributed by atoms with E-state index in [0.29, 0.717) is 11.5 Å². The second kappa shape index (κ2) is 8.87. The molecule has 0 saturated heterocycles. The van der Waals surface area contributed by atoms with E-state index in [1.165, 1.54) is 7.05 Å². The first-order valence-corrected chi connectivity index (χ1v) is 10.6. The summed E-state index contributed by atoms with van der Waals surface area (Å²) in [7, 11) is 3.22. The number of para-hydroxylation sites is 1. The van der Waals surface area contributed by atoms with Crippen LogP contribution in [-0.4, -0.2) is 57.6 Å². The highest BCUT2D eigenvalue weighted by molar-refractivity contribution is 5.92. The van der Waals surface area contributed by atoms with Crippen LogP contribution < -0.4 is 10.2 Å². The average Bonchev–Trinajstić information content (AvgIpc) is 3.27. The number of quaternary nitrogens is 1. The van der Waals surface area contributed by atoms with Gasteiger partial charge < -0.3 is 15.0 Å². The predicted octanol–water partition coefficient (Wildman–Crippen LogP) is 2.75. The molecule has 0 fully saturated rings. The molecule has 4 rings (SSSR count). The number of hydrogen-bond donors (Lipinski definition) is 3. The molecule has 2 aromatic carbocycles. The van der Waals surface area contributed by atoms with Crippen molar-refractivity contribution in [2.75, 3.05) is 19.0 Å². The maximum atomic E-state index is 13.5. The van der Waals surface area contributed by atoms with Crippen LogP contribution in [0.4, 0.5) is 10.5 Å². The second-order valence-electron chi connectivity index (χ2n) is 8.32. The number of imidazole rings is 1. The Morgan fingerprint density at radius 2 is 1.88 bits per heavy atom. The maximum Gasteiger partial charge on any atom is 0.424 e. The number of carboxylic acid groups (broad SMARTS) is 1. The number of carbonyl (C=O) groups excluding carboxylic acids is 2. The second-order valence-corrected chi connectivity index (χ2v) is 8.32. The summed E-state index contributed by atoms with van der Waals surface area (Å²) in [4.78, 5) is 47.5. The van der Waals surface area contributed by atoms with Gasteiger partial charge in [-0.05, 0) is 6.07 Å². The molecule has 1 aliphatic rings. The van der Waals surface area contributed by atoms with Gasteiger partial charge in [0.05, 0.1) is 31.9 Å². The number of fused-ring (bicyclic) bond motifs is 1. The van der Waals surface area contributed by atoms with E-state index in [-0.39, 0.29) is 13.1 Å². The molecule has 3 N–H and O–H groups in total. The Bertz CT molecular complexity index is 1190. The smallest absolute Gasteiger partial charge is 0.424 e. The van der Waals surface area contributed by atoms with Gasteiger partial charge in [0.2, 0.25) is 0 Å². The Hall–Kier alpha value is -3.98. The highest BCUT2D eigenvalue weighted by atomic mass is 16.4. The third-order valence-electron chi connectivity index (χ3n) is 6.02. The molecule has 0 saturated carbocycles. The van der Waals surface area contributed by atoms with Gasteiger partial charge in [0.25, 0.3) is 0 Å². The molecule has 2 atom stereocenters. The van der Waals surface area contributed by atoms with Gasteiger partial charge in [-0.1, -0.05) is 48.5 Å². The quantitative estimate of drug-likeness (QED) is 0.517. The van der Waals surface area contributed by atoms with Crippen LogP contribution in [0.25, 0.3) is 11.4 Å². The van der Waals surface area contributed by atoms with Crippen LogP contribution in [-0.2, 0) is 22.7 Å². The zero-order chi connectivity index (χ0) is 23.6. The van der Waals surface area contributed by atoms with Gasteiger partial charge >= 0.3 is 17.9 Å². The van der Waals surface area contributed by atoms with Crippen molar-refractivity contribution in [3.8, 4) is 11.4 Å². The lowest BCUT2D eigenvalue weighted by atomic mass is 10.1. The number of amides is 3. The third-order valence-corrected chi connectivity index (χ3v) is 6.02. The van der Waals surface area contributed by atoms with Gasteiger partial charge in [0.15, 0.2) is 6.04 Å². The first kappa shape index (κ1) is 22.2. The number of benzene rings is 2. The zero-order valence-electron chi connectivity index (χ0n) is 18.5. The first-order valence-electron chi connectivity index (χ1n) is 10.6. The van der Waals surface area contributed by atoms with E-state index < -0.39 is 34.9 Å². The number of rotatable bonds is 5. The lowest BCUT2D eigenvalue weighted by Gasteiger charge is -2.31. The molecule has 0 bridgehead atoms. The molecule has 2 unspecified atom stereocenters. The van der Waals surface area contributed by atoms with Crippen LogP contribution in [0.1, 0.15) is 17.7 Å². The zero-order valence-corrected chi connectivity index (χ0v) is 18.5. The topological polar surface area (TPSA) is 115 Å². The van der Waals surface area contributed by atoms with Gasteiger partial charge in [-0.25, -0.2) is 14.6 Å². The number of H-pyrrole nitrogens is 1. The van der Waals surface area contributed by atoms with E-state index in [9.17, 15) is 19.5 Å². The summed E-state index contributed by atoms with van der Waals surface area (Å²) in [5.74, 6) is -0.885. The molecule has 1 aliphatic heterocycles. The van der Waals surface area contributed by atoms with Crippen LogP contribution in [0.15, 0.2) is 60.8 Å². The molecule has 33 heavy (non-hydrogen) atoms. The molecular formula is C24H26N5O4+. The summed E-state index contributed by atoms with van der Waals surface area (Å²) >= 11 is 0. The van der Waals surface area contributed by atoms with E-state index >= 15 is 0 Å². The lowest BCUT2D eigenvalue weighted by molar-refractivity contribution is -0.766. The molecule has 1 aromatic heterocycles. The molecule has 9 heteroatoms. The van der Waals surface area contributed by atoms with E-state index in [2.05, 4.69) is 15.3 Å². The Kier molecular flexibility index (Phi) is 5.97. The number of carboxylic acids is 1. The number of nitrogens with zero attached hydrogens (tertiary/aromatic N) is 3. The number of urea groups is 1. The van der Waals surface area contributed by atoms with Gasteiger partial charge in [0.1, 0.15) is 12.4 Å². The van der Waals surface area contributed by atoms with E-state index in [1.54, 1.807) is 18.1 Å². The average molecular weight is 449 g/mol. The number of carbonyl (C=O) groups is 3. The molecule has 0 spiro atoms.